The number of aryl methyl sites for hydroxylation is 2. The van der Waals surface area contributed by atoms with Gasteiger partial charge >= 0.3 is 17.3 Å². The first-order chi connectivity index (χ1) is 11.6. The van der Waals surface area contributed by atoms with Gasteiger partial charge in [0.05, 0.1) is 0 Å². The van der Waals surface area contributed by atoms with Crippen molar-refractivity contribution in [3.8, 4) is 0 Å². The molecule has 0 aliphatic rings. The van der Waals surface area contributed by atoms with E-state index >= 15 is 0 Å². The highest BCUT2D eigenvalue weighted by atomic mass is 16.6. The third-order valence-corrected chi connectivity index (χ3v) is 3.59. The number of carbonyl (C=O) groups is 1. The predicted octanol–water partition coefficient (Wildman–Crippen LogP) is 1.04. The molecular weight excluding hydrogens is 328 g/mol. The van der Waals surface area contributed by atoms with Crippen molar-refractivity contribution in [1.29, 1.82) is 0 Å². The fraction of sp³-hybridized carbons (Fsp3) is 0.529. The van der Waals surface area contributed by atoms with E-state index in [0.29, 0.717) is 12.0 Å². The molecule has 0 saturated heterocycles. The zero-order chi connectivity index (χ0) is 18.9. The minimum absolute atomic E-state index is 0.0673. The van der Waals surface area contributed by atoms with Crippen molar-refractivity contribution in [2.75, 3.05) is 0 Å². The molecule has 0 aliphatic carbocycles. The van der Waals surface area contributed by atoms with Crippen LogP contribution < -0.4 is 16.9 Å². The van der Waals surface area contributed by atoms with E-state index in [1.54, 1.807) is 34.6 Å². The van der Waals surface area contributed by atoms with Crippen LogP contribution in [-0.2, 0) is 29.0 Å². The predicted molar refractivity (Wildman–Crippen MR) is 91.9 cm³/mol. The maximum atomic E-state index is 12.8. The van der Waals surface area contributed by atoms with Crippen LogP contribution in [0.15, 0.2) is 24.9 Å². The largest absolute Gasteiger partial charge is 0.459 e. The van der Waals surface area contributed by atoms with Gasteiger partial charge in [0.2, 0.25) is 5.71 Å². The van der Waals surface area contributed by atoms with Gasteiger partial charge in [0.25, 0.3) is 5.56 Å². The van der Waals surface area contributed by atoms with Crippen molar-refractivity contribution in [2.45, 2.75) is 59.7 Å². The molecule has 0 spiro atoms. The molecule has 8 nitrogen and oxygen atoms in total. The van der Waals surface area contributed by atoms with E-state index in [1.165, 1.54) is 10.6 Å². The number of fused-ring (bicyclic) bond motifs is 1. The highest BCUT2D eigenvalue weighted by Gasteiger charge is 2.22. The van der Waals surface area contributed by atoms with Crippen LogP contribution in [0.3, 0.4) is 0 Å². The van der Waals surface area contributed by atoms with E-state index in [9.17, 15) is 19.2 Å². The lowest BCUT2D eigenvalue weighted by molar-refractivity contribution is -0.155. The molecular formula is C17H22N2O6. The Balaban J connectivity index is 2.76. The average molecular weight is 350 g/mol. The molecule has 0 fully saturated rings. The third kappa shape index (κ3) is 3.72. The number of ether oxygens (including phenoxy) is 1. The topological polar surface area (TPSA) is 101 Å². The number of esters is 1. The van der Waals surface area contributed by atoms with Gasteiger partial charge < -0.3 is 9.15 Å². The van der Waals surface area contributed by atoms with Gasteiger partial charge in [-0.3, -0.25) is 14.2 Å². The molecule has 0 N–H and O–H groups in total. The van der Waals surface area contributed by atoms with Crippen LogP contribution in [0.4, 0.5) is 0 Å². The van der Waals surface area contributed by atoms with E-state index < -0.39 is 35.0 Å². The van der Waals surface area contributed by atoms with E-state index in [4.69, 9.17) is 9.15 Å². The smallest absolute Gasteiger partial charge is 0.337 e. The second-order valence-electron chi connectivity index (χ2n) is 6.63. The molecule has 0 amide bonds. The maximum absolute atomic E-state index is 12.8. The van der Waals surface area contributed by atoms with Crippen LogP contribution in [0, 0.1) is 0 Å². The van der Waals surface area contributed by atoms with E-state index in [-0.39, 0.29) is 17.6 Å². The fourth-order valence-electron chi connectivity index (χ4n) is 2.60. The van der Waals surface area contributed by atoms with Gasteiger partial charge in [-0.15, -0.1) is 0 Å². The Kier molecular flexibility index (Phi) is 5.01. The Morgan fingerprint density at radius 3 is 2.32 bits per heavy atom. The van der Waals surface area contributed by atoms with Gasteiger partial charge in [0.1, 0.15) is 17.5 Å². The monoisotopic (exact) mass is 350 g/mol. The summed E-state index contributed by atoms with van der Waals surface area (Å²) in [5.41, 5.74) is -2.35. The summed E-state index contributed by atoms with van der Waals surface area (Å²) in [7, 11) is 0. The maximum Gasteiger partial charge on any atom is 0.337 e. The SMILES string of the molecule is CCc1cc(=O)oc2c1c(=O)n(CC(=O)OC(C)(C)C)c(=O)n2CC. The molecule has 2 aromatic heterocycles. The van der Waals surface area contributed by atoms with Crippen LogP contribution in [0.2, 0.25) is 0 Å². The fourth-order valence-corrected chi connectivity index (χ4v) is 2.60. The lowest BCUT2D eigenvalue weighted by Crippen LogP contribution is -2.43. The molecule has 2 aromatic rings. The zero-order valence-corrected chi connectivity index (χ0v) is 15.0. The van der Waals surface area contributed by atoms with Crippen molar-refractivity contribution in [3.63, 3.8) is 0 Å². The molecule has 25 heavy (non-hydrogen) atoms. The third-order valence-electron chi connectivity index (χ3n) is 3.59. The van der Waals surface area contributed by atoms with Crippen LogP contribution in [0.1, 0.15) is 40.2 Å². The van der Waals surface area contributed by atoms with Crippen LogP contribution in [0.5, 0.6) is 0 Å². The molecule has 136 valence electrons. The summed E-state index contributed by atoms with van der Waals surface area (Å²) in [6.07, 6.45) is 0.408. The molecule has 2 heterocycles. The first kappa shape index (κ1) is 18.7. The molecule has 8 heteroatoms. The quantitative estimate of drug-likeness (QED) is 0.764. The molecule has 2 rings (SSSR count). The number of rotatable bonds is 4. The summed E-state index contributed by atoms with van der Waals surface area (Å²) < 4.78 is 12.3. The van der Waals surface area contributed by atoms with E-state index in [2.05, 4.69) is 0 Å². The Morgan fingerprint density at radius 2 is 1.80 bits per heavy atom. The lowest BCUT2D eigenvalue weighted by Gasteiger charge is -2.20. The van der Waals surface area contributed by atoms with E-state index in [1.807, 2.05) is 0 Å². The minimum atomic E-state index is -0.733. The minimum Gasteiger partial charge on any atom is -0.459 e. The number of nitrogens with zero attached hydrogens (tertiary/aromatic N) is 2. The van der Waals surface area contributed by atoms with Gasteiger partial charge in [-0.2, -0.15) is 0 Å². The van der Waals surface area contributed by atoms with Crippen molar-refractivity contribution in [3.05, 3.63) is 42.9 Å². The normalized spacial score (nSPS) is 11.7. The zero-order valence-electron chi connectivity index (χ0n) is 15.0. The summed E-state index contributed by atoms with van der Waals surface area (Å²) in [5, 5.41) is 0.132. The van der Waals surface area contributed by atoms with Crippen molar-refractivity contribution >= 4 is 17.1 Å². The molecule has 0 unspecified atom stereocenters. The van der Waals surface area contributed by atoms with Crippen LogP contribution in [-0.4, -0.2) is 20.7 Å². The number of aromatic nitrogens is 2. The van der Waals surface area contributed by atoms with Crippen molar-refractivity contribution in [2.24, 2.45) is 0 Å². The lowest BCUT2D eigenvalue weighted by atomic mass is 10.1. The number of hydrogen-bond acceptors (Lipinski definition) is 6. The Labute approximate surface area is 143 Å². The Morgan fingerprint density at radius 1 is 1.16 bits per heavy atom. The molecule has 0 saturated carbocycles. The summed E-state index contributed by atoms with van der Waals surface area (Å²) in [6, 6.07) is 1.23. The van der Waals surface area contributed by atoms with Gasteiger partial charge in [-0.1, -0.05) is 6.92 Å². The second-order valence-corrected chi connectivity index (χ2v) is 6.63. The first-order valence-electron chi connectivity index (χ1n) is 8.11. The molecule has 0 bridgehead atoms. The summed E-state index contributed by atoms with van der Waals surface area (Å²) in [4.78, 5) is 49.2. The van der Waals surface area contributed by atoms with Gasteiger partial charge in [0, 0.05) is 12.6 Å². The van der Waals surface area contributed by atoms with Crippen molar-refractivity contribution < 1.29 is 13.9 Å². The second kappa shape index (κ2) is 6.70. The number of hydrogen-bond donors (Lipinski definition) is 0. The summed E-state index contributed by atoms with van der Waals surface area (Å²) in [5.74, 6) is -0.691. The van der Waals surface area contributed by atoms with Gasteiger partial charge in [0.15, 0.2) is 0 Å². The first-order valence-corrected chi connectivity index (χ1v) is 8.11. The summed E-state index contributed by atoms with van der Waals surface area (Å²) in [6.45, 7) is 8.23. The highest BCUT2D eigenvalue weighted by molar-refractivity contribution is 5.77. The standard InChI is InChI=1S/C17H22N2O6/c1-6-10-8-11(20)24-15-13(10)14(22)19(16(23)18(15)7-2)9-12(21)25-17(3,4)5/h8H,6-7,9H2,1-5H3. The molecule has 0 radical (unpaired) electrons. The van der Waals surface area contributed by atoms with Gasteiger partial charge in [-0.05, 0) is 39.7 Å². The Bertz CT molecular complexity index is 988. The van der Waals surface area contributed by atoms with Gasteiger partial charge in [-0.25, -0.2) is 14.2 Å². The molecule has 0 aliphatic heterocycles. The van der Waals surface area contributed by atoms with Crippen LogP contribution >= 0.6 is 0 Å². The summed E-state index contributed by atoms with van der Waals surface area (Å²) >= 11 is 0. The Hall–Kier alpha value is -2.64. The molecule has 0 aromatic carbocycles. The van der Waals surface area contributed by atoms with Crippen LogP contribution in [0.25, 0.3) is 11.1 Å². The van der Waals surface area contributed by atoms with Crippen molar-refractivity contribution in [1.82, 2.24) is 9.13 Å². The average Bonchev–Trinajstić information content (AvgIpc) is 2.49. The van der Waals surface area contributed by atoms with E-state index in [0.717, 1.165) is 4.57 Å². The highest BCUT2D eigenvalue weighted by Crippen LogP contribution is 2.13. The number of carbonyl (C=O) groups excluding carboxylic acids is 1. The molecule has 0 atom stereocenters.